The molecule has 1 saturated carbocycles. The Morgan fingerprint density at radius 3 is 2.32 bits per heavy atom. The van der Waals surface area contributed by atoms with Gasteiger partial charge in [-0.2, -0.15) is 0 Å². The Hall–Kier alpha value is -2.06. The van der Waals surface area contributed by atoms with E-state index in [0.717, 1.165) is 25.7 Å². The first-order valence-corrected chi connectivity index (χ1v) is 10.4. The van der Waals surface area contributed by atoms with Crippen molar-refractivity contribution in [1.29, 1.82) is 0 Å². The summed E-state index contributed by atoms with van der Waals surface area (Å²) in [5.74, 6) is 0.387. The van der Waals surface area contributed by atoms with Crippen LogP contribution in [0.2, 0.25) is 0 Å². The van der Waals surface area contributed by atoms with Crippen molar-refractivity contribution >= 4 is 46.3 Å². The number of hydrogen-bond donors (Lipinski definition) is 0. The standard InChI is InChI=1S/C20H23NO5S2/c1-12(22)26-18-15(24-2)9-13(10-16(18)25-3)11-17-19(23)21(20(27)28-17)14-7-5-4-6-8-14/h9-11,14H,4-8H2,1-3H3/b17-11+. The van der Waals surface area contributed by atoms with E-state index < -0.39 is 5.97 Å². The Balaban J connectivity index is 1.91. The van der Waals surface area contributed by atoms with Gasteiger partial charge in [-0.05, 0) is 36.6 Å². The summed E-state index contributed by atoms with van der Waals surface area (Å²) < 4.78 is 16.5. The minimum absolute atomic E-state index is 0.0519. The van der Waals surface area contributed by atoms with Crippen LogP contribution in [-0.4, -0.2) is 41.4 Å². The summed E-state index contributed by atoms with van der Waals surface area (Å²) >= 11 is 6.79. The highest BCUT2D eigenvalue weighted by atomic mass is 32.2. The monoisotopic (exact) mass is 421 g/mol. The molecule has 150 valence electrons. The Morgan fingerprint density at radius 2 is 1.79 bits per heavy atom. The largest absolute Gasteiger partial charge is 0.493 e. The van der Waals surface area contributed by atoms with Gasteiger partial charge in [0.1, 0.15) is 4.32 Å². The Labute approximate surface area is 174 Å². The molecule has 0 radical (unpaired) electrons. The number of nitrogens with zero attached hydrogens (tertiary/aromatic N) is 1. The number of esters is 1. The van der Waals surface area contributed by atoms with Gasteiger partial charge in [0, 0.05) is 13.0 Å². The van der Waals surface area contributed by atoms with Crippen molar-refractivity contribution in [2.45, 2.75) is 45.1 Å². The zero-order valence-electron chi connectivity index (χ0n) is 16.1. The second-order valence-corrected chi connectivity index (χ2v) is 8.37. The Bertz CT molecular complexity index is 805. The van der Waals surface area contributed by atoms with Crippen LogP contribution in [0.1, 0.15) is 44.6 Å². The van der Waals surface area contributed by atoms with Crippen LogP contribution >= 0.6 is 24.0 Å². The molecule has 1 heterocycles. The van der Waals surface area contributed by atoms with Gasteiger partial charge in [-0.1, -0.05) is 43.2 Å². The van der Waals surface area contributed by atoms with Gasteiger partial charge in [-0.15, -0.1) is 0 Å². The number of thiocarbonyl (C=S) groups is 1. The fourth-order valence-corrected chi connectivity index (χ4v) is 4.91. The van der Waals surface area contributed by atoms with Crippen molar-refractivity contribution in [3.05, 3.63) is 22.6 Å². The highest BCUT2D eigenvalue weighted by Crippen LogP contribution is 2.41. The maximum atomic E-state index is 13.0. The fraction of sp³-hybridized carbons (Fsp3) is 0.450. The minimum Gasteiger partial charge on any atom is -0.493 e. The molecule has 1 aromatic carbocycles. The SMILES string of the molecule is COc1cc(/C=C2/SC(=S)N(C3CCCCC3)C2=O)cc(OC)c1OC(C)=O. The van der Waals surface area contributed by atoms with Gasteiger partial charge < -0.3 is 14.2 Å². The van der Waals surface area contributed by atoms with Crippen LogP contribution in [0.4, 0.5) is 0 Å². The summed E-state index contributed by atoms with van der Waals surface area (Å²) in [5.41, 5.74) is 0.703. The summed E-state index contributed by atoms with van der Waals surface area (Å²) in [6, 6.07) is 3.60. The van der Waals surface area contributed by atoms with Gasteiger partial charge in [0.2, 0.25) is 5.75 Å². The van der Waals surface area contributed by atoms with E-state index in [1.165, 1.54) is 39.3 Å². The summed E-state index contributed by atoms with van der Waals surface area (Å²) in [5, 5.41) is 0. The molecule has 28 heavy (non-hydrogen) atoms. The lowest BCUT2D eigenvalue weighted by Crippen LogP contribution is -2.39. The molecular formula is C20H23NO5S2. The molecule has 2 fully saturated rings. The third-order valence-electron chi connectivity index (χ3n) is 4.79. The first-order chi connectivity index (χ1) is 13.4. The van der Waals surface area contributed by atoms with Crippen LogP contribution in [0, 0.1) is 0 Å². The van der Waals surface area contributed by atoms with Gasteiger partial charge >= 0.3 is 5.97 Å². The zero-order valence-corrected chi connectivity index (χ0v) is 17.8. The highest BCUT2D eigenvalue weighted by Gasteiger charge is 2.37. The van der Waals surface area contributed by atoms with Crippen LogP contribution in [0.15, 0.2) is 17.0 Å². The number of carbonyl (C=O) groups excluding carboxylic acids is 2. The lowest BCUT2D eigenvalue weighted by molar-refractivity contribution is -0.132. The average molecular weight is 422 g/mol. The van der Waals surface area contributed by atoms with Gasteiger partial charge in [0.05, 0.1) is 19.1 Å². The average Bonchev–Trinajstić information content (AvgIpc) is 2.96. The van der Waals surface area contributed by atoms with E-state index in [1.54, 1.807) is 23.1 Å². The number of methoxy groups -OCH3 is 2. The summed E-state index contributed by atoms with van der Waals surface area (Å²) in [4.78, 5) is 26.7. The molecule has 2 aliphatic rings. The molecule has 1 aliphatic heterocycles. The van der Waals surface area contributed by atoms with Crippen molar-refractivity contribution in [2.24, 2.45) is 0 Å². The number of rotatable bonds is 5. The smallest absolute Gasteiger partial charge is 0.308 e. The topological polar surface area (TPSA) is 65.1 Å². The number of thioether (sulfide) groups is 1. The lowest BCUT2D eigenvalue weighted by Gasteiger charge is -2.29. The second-order valence-electron chi connectivity index (χ2n) is 6.69. The van der Waals surface area contributed by atoms with Crippen LogP contribution in [-0.2, 0) is 9.59 Å². The molecule has 3 rings (SSSR count). The predicted octanol–water partition coefficient (Wildman–Crippen LogP) is 4.16. The third kappa shape index (κ3) is 4.33. The van der Waals surface area contributed by atoms with Crippen molar-refractivity contribution in [1.82, 2.24) is 4.90 Å². The van der Waals surface area contributed by atoms with Gasteiger partial charge in [-0.25, -0.2) is 0 Å². The van der Waals surface area contributed by atoms with E-state index in [1.807, 2.05) is 0 Å². The van der Waals surface area contributed by atoms with Crippen molar-refractivity contribution < 1.29 is 23.8 Å². The van der Waals surface area contributed by atoms with Crippen LogP contribution in [0.5, 0.6) is 17.2 Å². The third-order valence-corrected chi connectivity index (χ3v) is 6.12. The first-order valence-electron chi connectivity index (χ1n) is 9.16. The number of hydrogen-bond acceptors (Lipinski definition) is 7. The zero-order chi connectivity index (χ0) is 20.3. The highest BCUT2D eigenvalue weighted by molar-refractivity contribution is 8.26. The molecule has 1 saturated heterocycles. The summed E-state index contributed by atoms with van der Waals surface area (Å²) in [6.45, 7) is 1.31. The van der Waals surface area contributed by atoms with E-state index in [2.05, 4.69) is 0 Å². The van der Waals surface area contributed by atoms with Crippen LogP contribution in [0.3, 0.4) is 0 Å². The fourth-order valence-electron chi connectivity index (χ4n) is 3.51. The van der Waals surface area contributed by atoms with Crippen LogP contribution < -0.4 is 14.2 Å². The summed E-state index contributed by atoms with van der Waals surface area (Å²) in [6.07, 6.45) is 7.25. The molecule has 8 heteroatoms. The van der Waals surface area contributed by atoms with E-state index in [-0.39, 0.29) is 17.7 Å². The molecule has 1 aliphatic carbocycles. The predicted molar refractivity (Wildman–Crippen MR) is 113 cm³/mol. The molecule has 1 amide bonds. The molecular weight excluding hydrogens is 398 g/mol. The number of benzene rings is 1. The minimum atomic E-state index is -0.474. The normalized spacial score (nSPS) is 19.2. The number of amides is 1. The molecule has 6 nitrogen and oxygen atoms in total. The van der Waals surface area contributed by atoms with E-state index >= 15 is 0 Å². The molecule has 0 bridgehead atoms. The molecule has 0 atom stereocenters. The molecule has 0 N–H and O–H groups in total. The van der Waals surface area contributed by atoms with E-state index in [4.69, 9.17) is 26.4 Å². The van der Waals surface area contributed by atoms with Gasteiger partial charge in [-0.3, -0.25) is 14.5 Å². The maximum absolute atomic E-state index is 13.0. The van der Waals surface area contributed by atoms with Gasteiger partial charge in [0.25, 0.3) is 5.91 Å². The Morgan fingerprint density at radius 1 is 1.18 bits per heavy atom. The number of carbonyl (C=O) groups is 2. The summed E-state index contributed by atoms with van der Waals surface area (Å²) in [7, 11) is 2.96. The lowest BCUT2D eigenvalue weighted by atomic mass is 9.94. The van der Waals surface area contributed by atoms with Crippen molar-refractivity contribution in [3.8, 4) is 17.2 Å². The maximum Gasteiger partial charge on any atom is 0.308 e. The molecule has 0 spiro atoms. The Kier molecular flexibility index (Phi) is 6.61. The molecule has 1 aromatic rings. The van der Waals surface area contributed by atoms with Gasteiger partial charge in [0.15, 0.2) is 11.5 Å². The van der Waals surface area contributed by atoms with E-state index in [0.29, 0.717) is 26.3 Å². The van der Waals surface area contributed by atoms with Crippen molar-refractivity contribution in [3.63, 3.8) is 0 Å². The quantitative estimate of drug-likeness (QED) is 0.306. The van der Waals surface area contributed by atoms with Crippen LogP contribution in [0.25, 0.3) is 6.08 Å². The molecule has 0 aromatic heterocycles. The van der Waals surface area contributed by atoms with E-state index in [9.17, 15) is 9.59 Å². The second kappa shape index (κ2) is 8.96. The number of ether oxygens (including phenoxy) is 3. The first kappa shape index (κ1) is 20.7. The molecule has 0 unspecified atom stereocenters. The van der Waals surface area contributed by atoms with Crippen molar-refractivity contribution in [2.75, 3.05) is 14.2 Å².